The Bertz CT molecular complexity index is 784. The van der Waals surface area contributed by atoms with Crippen LogP contribution in [-0.4, -0.2) is 83.3 Å². The predicted octanol–water partition coefficient (Wildman–Crippen LogP) is 3.11. The summed E-state index contributed by atoms with van der Waals surface area (Å²) in [7, 11) is 1.62. The van der Waals surface area contributed by atoms with Gasteiger partial charge in [0.25, 0.3) is 0 Å². The third-order valence-corrected chi connectivity index (χ3v) is 4.93. The molecule has 1 aromatic rings. The average molecular weight is 539 g/mol. The largest absolute Gasteiger partial charge is 0.382 e. The van der Waals surface area contributed by atoms with E-state index in [2.05, 4.69) is 10.6 Å². The van der Waals surface area contributed by atoms with E-state index < -0.39 is 0 Å². The van der Waals surface area contributed by atoms with Crippen LogP contribution in [0, 0.1) is 0 Å². The molecule has 0 unspecified atom stereocenters. The van der Waals surface area contributed by atoms with Gasteiger partial charge in [0, 0.05) is 38.6 Å². The Morgan fingerprint density at radius 1 is 0.737 bits per heavy atom. The first-order valence-corrected chi connectivity index (χ1v) is 13.3. The molecule has 0 heterocycles. The van der Waals surface area contributed by atoms with E-state index in [9.17, 15) is 19.2 Å². The molecule has 0 fully saturated rings. The maximum Gasteiger partial charge on any atom is 0.224 e. The minimum absolute atomic E-state index is 0.0253. The molecule has 0 bridgehead atoms. The first kappa shape index (κ1) is 35.3. The second-order valence-electron chi connectivity index (χ2n) is 8.20. The van der Waals surface area contributed by atoms with Crippen LogP contribution in [0.25, 0.3) is 0 Å². The number of amides is 2. The Balaban J connectivity index is 0.00000667. The molecule has 0 spiro atoms. The lowest BCUT2D eigenvalue weighted by Crippen LogP contribution is -2.27. The highest BCUT2D eigenvalue weighted by atomic mass is 16.6. The van der Waals surface area contributed by atoms with Gasteiger partial charge in [-0.3, -0.25) is 19.2 Å². The number of nitrogens with one attached hydrogen (secondary N) is 2. The molecule has 0 saturated heterocycles. The van der Waals surface area contributed by atoms with Crippen LogP contribution in [0.5, 0.6) is 0 Å². The molecule has 0 atom stereocenters. The highest BCUT2D eigenvalue weighted by Gasteiger charge is 2.08. The van der Waals surface area contributed by atoms with E-state index in [1.54, 1.807) is 19.2 Å². The van der Waals surface area contributed by atoms with Crippen LogP contribution in [0.15, 0.2) is 24.3 Å². The van der Waals surface area contributed by atoms with Crippen molar-refractivity contribution in [2.24, 2.45) is 0 Å². The van der Waals surface area contributed by atoms with Crippen molar-refractivity contribution in [2.75, 3.05) is 65.2 Å². The average Bonchev–Trinajstić information content (AvgIpc) is 2.89. The van der Waals surface area contributed by atoms with Crippen molar-refractivity contribution in [1.29, 1.82) is 0 Å². The Morgan fingerprint density at radius 2 is 1.29 bits per heavy atom. The zero-order valence-electron chi connectivity index (χ0n) is 23.5. The molecular weight excluding hydrogens is 492 g/mol. The molecule has 38 heavy (non-hydrogen) atoms. The summed E-state index contributed by atoms with van der Waals surface area (Å²) >= 11 is 0. The van der Waals surface area contributed by atoms with Crippen molar-refractivity contribution in [2.45, 2.75) is 59.3 Å². The van der Waals surface area contributed by atoms with Gasteiger partial charge in [-0.25, -0.2) is 0 Å². The minimum atomic E-state index is -0.167. The molecule has 10 nitrogen and oxygen atoms in total. The van der Waals surface area contributed by atoms with Crippen LogP contribution in [0.4, 0.5) is 5.69 Å². The van der Waals surface area contributed by atoms with E-state index in [1.165, 1.54) is 6.92 Å². The van der Waals surface area contributed by atoms with Gasteiger partial charge in [0.15, 0.2) is 0 Å². The third kappa shape index (κ3) is 21.4. The number of benzene rings is 1. The molecule has 0 aliphatic rings. The molecule has 2 N–H and O–H groups in total. The van der Waals surface area contributed by atoms with E-state index in [-0.39, 0.29) is 42.6 Å². The number of methoxy groups -OCH3 is 1. The van der Waals surface area contributed by atoms with Gasteiger partial charge in [0.05, 0.1) is 52.7 Å². The topological polar surface area (TPSA) is 129 Å². The van der Waals surface area contributed by atoms with Gasteiger partial charge in [0.1, 0.15) is 11.6 Å². The second-order valence-corrected chi connectivity index (χ2v) is 8.20. The molecular formula is C28H46N2O8. The van der Waals surface area contributed by atoms with Gasteiger partial charge in [-0.05, 0) is 37.5 Å². The SMILES string of the molecule is CC.COCCOCCOCCOCCNC(=O)CCCC(=O)Nc1ccc(CCC(=O)CC(C)=O)cc1. The van der Waals surface area contributed by atoms with Crippen molar-refractivity contribution in [1.82, 2.24) is 5.32 Å². The highest BCUT2D eigenvalue weighted by Crippen LogP contribution is 2.12. The molecule has 0 radical (unpaired) electrons. The van der Waals surface area contributed by atoms with Crippen molar-refractivity contribution in [3.05, 3.63) is 29.8 Å². The number of Topliss-reactive ketones (excluding diaryl/α,β-unsaturated/α-hetero) is 2. The number of carbonyl (C=O) groups excluding carboxylic acids is 4. The normalized spacial score (nSPS) is 10.3. The van der Waals surface area contributed by atoms with Crippen LogP contribution >= 0.6 is 0 Å². The van der Waals surface area contributed by atoms with E-state index in [0.29, 0.717) is 77.7 Å². The molecule has 0 saturated carbocycles. The fourth-order valence-electron chi connectivity index (χ4n) is 3.07. The lowest BCUT2D eigenvalue weighted by molar-refractivity contribution is -0.126. The molecule has 1 rings (SSSR count). The van der Waals surface area contributed by atoms with Crippen molar-refractivity contribution < 1.29 is 38.1 Å². The molecule has 0 aromatic heterocycles. The third-order valence-electron chi connectivity index (χ3n) is 4.93. The van der Waals surface area contributed by atoms with Gasteiger partial charge in [-0.2, -0.15) is 0 Å². The fraction of sp³-hybridized carbons (Fsp3) is 0.643. The number of anilines is 1. The summed E-state index contributed by atoms with van der Waals surface area (Å²) in [4.78, 5) is 46.6. The number of hydrogen-bond acceptors (Lipinski definition) is 8. The summed E-state index contributed by atoms with van der Waals surface area (Å²) in [6.07, 6.45) is 1.78. The lowest BCUT2D eigenvalue weighted by atomic mass is 10.0. The zero-order chi connectivity index (χ0) is 28.4. The maximum atomic E-state index is 12.1. The monoisotopic (exact) mass is 538 g/mol. The zero-order valence-corrected chi connectivity index (χ0v) is 23.5. The summed E-state index contributed by atoms with van der Waals surface area (Å²) in [6, 6.07) is 7.24. The Hall–Kier alpha value is -2.66. The van der Waals surface area contributed by atoms with Crippen LogP contribution in [0.2, 0.25) is 0 Å². The molecule has 0 aliphatic carbocycles. The quantitative estimate of drug-likeness (QED) is 0.170. The Kier molecular flexibility index (Phi) is 22.9. The van der Waals surface area contributed by atoms with Crippen LogP contribution in [0.1, 0.15) is 58.4 Å². The molecule has 1 aromatic carbocycles. The van der Waals surface area contributed by atoms with E-state index in [1.807, 2.05) is 26.0 Å². The van der Waals surface area contributed by atoms with Gasteiger partial charge in [-0.1, -0.05) is 26.0 Å². The number of hydrogen-bond donors (Lipinski definition) is 2. The second kappa shape index (κ2) is 24.7. The van der Waals surface area contributed by atoms with E-state index in [4.69, 9.17) is 18.9 Å². The highest BCUT2D eigenvalue weighted by molar-refractivity contribution is 5.98. The van der Waals surface area contributed by atoms with Crippen molar-refractivity contribution in [3.63, 3.8) is 0 Å². The first-order valence-electron chi connectivity index (χ1n) is 13.3. The van der Waals surface area contributed by atoms with Gasteiger partial charge in [0.2, 0.25) is 11.8 Å². The maximum absolute atomic E-state index is 12.1. The Labute approximate surface area is 227 Å². The lowest BCUT2D eigenvalue weighted by Gasteiger charge is -2.08. The number of aryl methyl sites for hydroxylation is 1. The fourth-order valence-corrected chi connectivity index (χ4v) is 3.07. The Morgan fingerprint density at radius 3 is 1.87 bits per heavy atom. The molecule has 0 aliphatic heterocycles. The summed E-state index contributed by atoms with van der Waals surface area (Å²) in [6.45, 7) is 9.21. The van der Waals surface area contributed by atoms with Crippen LogP contribution in [0.3, 0.4) is 0 Å². The summed E-state index contributed by atoms with van der Waals surface area (Å²) < 4.78 is 20.9. The van der Waals surface area contributed by atoms with E-state index >= 15 is 0 Å². The summed E-state index contributed by atoms with van der Waals surface area (Å²) in [5.41, 5.74) is 1.62. The predicted molar refractivity (Wildman–Crippen MR) is 146 cm³/mol. The van der Waals surface area contributed by atoms with Crippen LogP contribution < -0.4 is 10.6 Å². The van der Waals surface area contributed by atoms with Gasteiger partial charge >= 0.3 is 0 Å². The number of carbonyl (C=O) groups is 4. The summed E-state index contributed by atoms with van der Waals surface area (Å²) in [5, 5.41) is 5.56. The first-order chi connectivity index (χ1) is 18.4. The smallest absolute Gasteiger partial charge is 0.224 e. The molecule has 2 amide bonds. The summed E-state index contributed by atoms with van der Waals surface area (Å²) in [5.74, 6) is -0.491. The van der Waals surface area contributed by atoms with Crippen molar-refractivity contribution >= 4 is 29.1 Å². The van der Waals surface area contributed by atoms with Gasteiger partial charge in [-0.15, -0.1) is 0 Å². The van der Waals surface area contributed by atoms with Gasteiger partial charge < -0.3 is 29.6 Å². The number of ether oxygens (including phenoxy) is 4. The molecule has 216 valence electrons. The minimum Gasteiger partial charge on any atom is -0.382 e. The van der Waals surface area contributed by atoms with E-state index in [0.717, 1.165) is 5.56 Å². The number of ketones is 2. The molecule has 10 heteroatoms. The standard InChI is InChI=1S/C26H40N2O8.C2H6/c1-21(29)20-24(30)11-8-22-6-9-23(10-7-22)28-26(32)5-3-4-25(31)27-12-13-34-16-17-36-19-18-35-15-14-33-2;1-2/h6-7,9-10H,3-5,8,11-20H2,1-2H3,(H,27,31)(H,28,32);1-2H3. The number of rotatable bonds is 22. The van der Waals surface area contributed by atoms with Crippen LogP contribution in [-0.2, 0) is 44.5 Å². The van der Waals surface area contributed by atoms with Crippen molar-refractivity contribution in [3.8, 4) is 0 Å².